The number of nitrogens with zero attached hydrogens (tertiary/aromatic N) is 3. The molecule has 4 atom stereocenters. The summed E-state index contributed by atoms with van der Waals surface area (Å²) in [6.45, 7) is 3.78. The molecule has 2 saturated heterocycles. The SMILES string of the molecule is CN(CCc1ccccn1)C(=O)[C@@H](O)[C@@H]1C(=O)N2[C@@H]1SC(C)(C)[C@@H]2C(=O)[O-].[Na+]. The van der Waals surface area contributed by atoms with Gasteiger partial charge in [-0.3, -0.25) is 14.6 Å². The number of carboxylic acids is 1. The van der Waals surface area contributed by atoms with E-state index < -0.39 is 46.0 Å². The van der Waals surface area contributed by atoms with Gasteiger partial charge < -0.3 is 24.8 Å². The molecule has 2 amide bonds. The second-order valence-corrected chi connectivity index (χ2v) is 9.15. The molecule has 146 valence electrons. The first-order valence-corrected chi connectivity index (χ1v) is 9.57. The van der Waals surface area contributed by atoms with Crippen LogP contribution in [0.3, 0.4) is 0 Å². The molecule has 0 bridgehead atoms. The predicted octanol–water partition coefficient (Wildman–Crippen LogP) is -4.12. The van der Waals surface area contributed by atoms with Gasteiger partial charge in [0.15, 0.2) is 0 Å². The van der Waals surface area contributed by atoms with E-state index in [0.717, 1.165) is 5.69 Å². The molecule has 2 fully saturated rings. The van der Waals surface area contributed by atoms with Crippen LogP contribution in [-0.2, 0) is 20.8 Å². The van der Waals surface area contributed by atoms with E-state index in [-0.39, 0.29) is 29.6 Å². The zero-order valence-electron chi connectivity index (χ0n) is 16.4. The molecule has 8 nitrogen and oxygen atoms in total. The van der Waals surface area contributed by atoms with E-state index in [2.05, 4.69) is 4.98 Å². The van der Waals surface area contributed by atoms with E-state index in [1.165, 1.54) is 21.6 Å². The Morgan fingerprint density at radius 1 is 1.43 bits per heavy atom. The molecule has 1 N–H and O–H groups in total. The largest absolute Gasteiger partial charge is 1.00 e. The number of aliphatic carboxylic acids is 1. The van der Waals surface area contributed by atoms with Gasteiger partial charge in [0.1, 0.15) is 12.0 Å². The van der Waals surface area contributed by atoms with E-state index in [1.54, 1.807) is 33.2 Å². The van der Waals surface area contributed by atoms with Crippen molar-refractivity contribution >= 4 is 29.5 Å². The van der Waals surface area contributed by atoms with Crippen LogP contribution in [0, 0.1) is 5.92 Å². The summed E-state index contributed by atoms with van der Waals surface area (Å²) in [7, 11) is 1.56. The molecule has 0 unspecified atom stereocenters. The summed E-state index contributed by atoms with van der Waals surface area (Å²) in [5, 5.41) is 21.4. The van der Waals surface area contributed by atoms with Crippen LogP contribution in [0.25, 0.3) is 0 Å². The molecular formula is C18H22N3NaO5S. The van der Waals surface area contributed by atoms with Gasteiger partial charge in [-0.2, -0.15) is 0 Å². The number of carbonyl (C=O) groups is 3. The van der Waals surface area contributed by atoms with Crippen molar-refractivity contribution in [2.75, 3.05) is 13.6 Å². The first kappa shape index (κ1) is 23.2. The van der Waals surface area contributed by atoms with Crippen LogP contribution in [0.15, 0.2) is 24.4 Å². The summed E-state index contributed by atoms with van der Waals surface area (Å²) in [5.74, 6) is -3.34. The number of aliphatic hydroxyl groups is 1. The number of aliphatic hydroxyl groups excluding tert-OH is 1. The van der Waals surface area contributed by atoms with Crippen molar-refractivity contribution in [3.63, 3.8) is 0 Å². The molecule has 0 aromatic carbocycles. The first-order chi connectivity index (χ1) is 12.6. The zero-order chi connectivity index (χ0) is 19.9. The third-order valence-corrected chi connectivity index (χ3v) is 6.70. The number of hydrogen-bond acceptors (Lipinski definition) is 7. The second-order valence-electron chi connectivity index (χ2n) is 7.38. The topological polar surface area (TPSA) is 114 Å². The number of carboxylic acid groups (broad SMARTS) is 1. The first-order valence-electron chi connectivity index (χ1n) is 8.69. The van der Waals surface area contributed by atoms with E-state index >= 15 is 0 Å². The summed E-state index contributed by atoms with van der Waals surface area (Å²) < 4.78 is -0.748. The Kier molecular flexibility index (Phi) is 7.20. The fourth-order valence-corrected chi connectivity index (χ4v) is 5.34. The number of likely N-dealkylation sites (N-methyl/N-ethyl adjacent to an activating group) is 1. The van der Waals surface area contributed by atoms with Gasteiger partial charge in [0, 0.05) is 36.7 Å². The van der Waals surface area contributed by atoms with Crippen molar-refractivity contribution < 1.29 is 54.2 Å². The third kappa shape index (κ3) is 4.09. The molecule has 28 heavy (non-hydrogen) atoms. The number of β-lactam (4-membered cyclic amide) rings is 1. The van der Waals surface area contributed by atoms with Gasteiger partial charge in [0.2, 0.25) is 5.91 Å². The Morgan fingerprint density at radius 3 is 2.68 bits per heavy atom. The van der Waals surface area contributed by atoms with E-state index in [4.69, 9.17) is 0 Å². The average Bonchev–Trinajstić information content (AvgIpc) is 2.87. The molecule has 0 radical (unpaired) electrons. The summed E-state index contributed by atoms with van der Waals surface area (Å²) >= 11 is 1.28. The molecule has 2 aliphatic rings. The van der Waals surface area contributed by atoms with Crippen molar-refractivity contribution in [1.29, 1.82) is 0 Å². The average molecular weight is 415 g/mol. The Morgan fingerprint density at radius 2 is 2.11 bits per heavy atom. The minimum Gasteiger partial charge on any atom is -0.548 e. The second kappa shape index (κ2) is 8.71. The maximum Gasteiger partial charge on any atom is 1.00 e. The number of carbonyl (C=O) groups excluding carboxylic acids is 3. The standard InChI is InChI=1S/C18H23N3O5S.Na/c1-18(2)13(17(25)26)21-14(23)11(16(21)27-18)12(22)15(24)20(3)9-7-10-6-4-5-8-19-10;/h4-6,8,11-13,16,22H,7,9H2,1-3H3,(H,25,26);/q;+1/p-1/t11-,12+,13+,16-;/m1./s1. The predicted molar refractivity (Wildman–Crippen MR) is 96.2 cm³/mol. The maximum absolute atomic E-state index is 12.6. The summed E-state index contributed by atoms with van der Waals surface area (Å²) in [6.07, 6.45) is 0.690. The van der Waals surface area contributed by atoms with Gasteiger partial charge in [0.05, 0.1) is 17.4 Å². The van der Waals surface area contributed by atoms with Crippen LogP contribution in [0.2, 0.25) is 0 Å². The van der Waals surface area contributed by atoms with Crippen molar-refractivity contribution in [3.8, 4) is 0 Å². The van der Waals surface area contributed by atoms with Gasteiger partial charge in [-0.05, 0) is 26.0 Å². The monoisotopic (exact) mass is 415 g/mol. The Labute approximate surface area is 190 Å². The minimum absolute atomic E-state index is 0. The summed E-state index contributed by atoms with van der Waals surface area (Å²) in [6, 6.07) is 4.43. The van der Waals surface area contributed by atoms with E-state index in [1.807, 2.05) is 12.1 Å². The fourth-order valence-electron chi connectivity index (χ4n) is 3.63. The number of amides is 2. The van der Waals surface area contributed by atoms with Crippen molar-refractivity contribution in [3.05, 3.63) is 30.1 Å². The van der Waals surface area contributed by atoms with Crippen LogP contribution < -0.4 is 34.7 Å². The van der Waals surface area contributed by atoms with Crippen LogP contribution >= 0.6 is 11.8 Å². The van der Waals surface area contributed by atoms with Crippen molar-refractivity contribution in [2.45, 2.75) is 42.5 Å². The fraction of sp³-hybridized carbons (Fsp3) is 0.556. The zero-order valence-corrected chi connectivity index (χ0v) is 19.2. The third-order valence-electron chi connectivity index (χ3n) is 5.10. The molecule has 0 spiro atoms. The van der Waals surface area contributed by atoms with Crippen LogP contribution in [0.1, 0.15) is 19.5 Å². The Balaban J connectivity index is 0.00000280. The number of aromatic nitrogens is 1. The molecule has 3 heterocycles. The molecule has 10 heteroatoms. The molecule has 0 aliphatic carbocycles. The van der Waals surface area contributed by atoms with Gasteiger partial charge in [0.25, 0.3) is 5.91 Å². The van der Waals surface area contributed by atoms with E-state index in [9.17, 15) is 24.6 Å². The van der Waals surface area contributed by atoms with Gasteiger partial charge in [-0.15, -0.1) is 11.8 Å². The van der Waals surface area contributed by atoms with Crippen molar-refractivity contribution in [2.24, 2.45) is 5.92 Å². The Bertz CT molecular complexity index is 763. The number of fused-ring (bicyclic) bond motifs is 1. The number of thioether (sulfide) groups is 1. The normalized spacial score (nSPS) is 25.9. The quantitative estimate of drug-likeness (QED) is 0.371. The molecule has 3 rings (SSSR count). The van der Waals surface area contributed by atoms with Gasteiger partial charge >= 0.3 is 29.6 Å². The maximum atomic E-state index is 12.6. The molecular weight excluding hydrogens is 393 g/mol. The van der Waals surface area contributed by atoms with Crippen LogP contribution in [0.5, 0.6) is 0 Å². The van der Waals surface area contributed by atoms with E-state index in [0.29, 0.717) is 13.0 Å². The minimum atomic E-state index is -1.50. The molecule has 0 saturated carbocycles. The van der Waals surface area contributed by atoms with Gasteiger partial charge in [-0.1, -0.05) is 6.07 Å². The smallest absolute Gasteiger partial charge is 0.548 e. The van der Waals surface area contributed by atoms with Crippen molar-refractivity contribution in [1.82, 2.24) is 14.8 Å². The molecule has 1 aromatic heterocycles. The number of hydrogen-bond donors (Lipinski definition) is 1. The summed E-state index contributed by atoms with van der Waals surface area (Å²) in [4.78, 5) is 43.2. The summed E-state index contributed by atoms with van der Waals surface area (Å²) in [5.41, 5.74) is 0.822. The Hall–Kier alpha value is -1.13. The van der Waals surface area contributed by atoms with Crippen LogP contribution in [-0.4, -0.2) is 73.5 Å². The number of pyridine rings is 1. The molecule has 1 aromatic rings. The van der Waals surface area contributed by atoms with Crippen LogP contribution in [0.4, 0.5) is 0 Å². The molecule has 2 aliphatic heterocycles. The number of rotatable bonds is 6. The van der Waals surface area contributed by atoms with Gasteiger partial charge in [-0.25, -0.2) is 0 Å².